The van der Waals surface area contributed by atoms with Crippen molar-refractivity contribution < 1.29 is 0 Å². The molecule has 3 aromatic rings. The molecular weight excluding hydrogens is 220 g/mol. The normalized spacial score (nSPS) is 11.1. The molecule has 2 nitrogen and oxygen atoms in total. The summed E-state index contributed by atoms with van der Waals surface area (Å²) in [6, 6.07) is 12.7. The largest absolute Gasteiger partial charge is 0.304 e. The van der Waals surface area contributed by atoms with E-state index < -0.39 is 0 Å². The van der Waals surface area contributed by atoms with Crippen LogP contribution in [-0.2, 0) is 0 Å². The van der Waals surface area contributed by atoms with Crippen molar-refractivity contribution in [2.45, 2.75) is 20.8 Å². The van der Waals surface area contributed by atoms with Crippen LogP contribution in [0.3, 0.4) is 0 Å². The van der Waals surface area contributed by atoms with Gasteiger partial charge in [0, 0.05) is 17.5 Å². The monoisotopic (exact) mass is 236 g/mol. The van der Waals surface area contributed by atoms with Gasteiger partial charge in [0.2, 0.25) is 0 Å². The summed E-state index contributed by atoms with van der Waals surface area (Å²) in [5, 5.41) is 0. The minimum Gasteiger partial charge on any atom is -0.304 e. The quantitative estimate of drug-likeness (QED) is 0.626. The maximum atomic E-state index is 4.69. The molecule has 0 atom stereocenters. The first-order valence-corrected chi connectivity index (χ1v) is 6.17. The Bertz CT molecular complexity index is 703. The van der Waals surface area contributed by atoms with Gasteiger partial charge >= 0.3 is 0 Å². The van der Waals surface area contributed by atoms with Crippen LogP contribution in [0.2, 0.25) is 0 Å². The first-order valence-electron chi connectivity index (χ1n) is 6.17. The van der Waals surface area contributed by atoms with Crippen molar-refractivity contribution in [1.29, 1.82) is 0 Å². The Labute approximate surface area is 107 Å². The lowest BCUT2D eigenvalue weighted by molar-refractivity contribution is 1.09. The third kappa shape index (κ3) is 1.80. The molecule has 0 amide bonds. The van der Waals surface area contributed by atoms with Crippen molar-refractivity contribution in [2.24, 2.45) is 0 Å². The van der Waals surface area contributed by atoms with Crippen LogP contribution in [0.4, 0.5) is 0 Å². The number of hydrogen-bond donors (Lipinski definition) is 0. The second-order valence-electron chi connectivity index (χ2n) is 4.90. The number of imidazole rings is 1. The Morgan fingerprint density at radius 2 is 1.67 bits per heavy atom. The van der Waals surface area contributed by atoms with Gasteiger partial charge in [-0.2, -0.15) is 0 Å². The fraction of sp³-hybridized carbons (Fsp3) is 0.188. The average molecular weight is 236 g/mol. The average Bonchev–Trinajstić information content (AvgIpc) is 2.73. The van der Waals surface area contributed by atoms with Crippen LogP contribution in [0, 0.1) is 20.8 Å². The molecule has 18 heavy (non-hydrogen) atoms. The molecule has 0 radical (unpaired) electrons. The summed E-state index contributed by atoms with van der Waals surface area (Å²) in [5.41, 5.74) is 6.99. The highest BCUT2D eigenvalue weighted by Gasteiger charge is 2.06. The summed E-state index contributed by atoms with van der Waals surface area (Å²) < 4.78 is 2.13. The number of pyridine rings is 1. The second kappa shape index (κ2) is 3.98. The molecule has 0 aliphatic heterocycles. The molecular formula is C16H16N2. The maximum Gasteiger partial charge on any atom is 0.137 e. The molecule has 0 spiro atoms. The van der Waals surface area contributed by atoms with Crippen molar-refractivity contribution in [3.63, 3.8) is 0 Å². The minimum atomic E-state index is 1.00. The Hall–Kier alpha value is -2.09. The molecule has 90 valence electrons. The summed E-state index contributed by atoms with van der Waals surface area (Å²) in [6.07, 6.45) is 2.11. The second-order valence-corrected chi connectivity index (χ2v) is 4.90. The molecule has 1 aromatic carbocycles. The van der Waals surface area contributed by atoms with Gasteiger partial charge in [0.15, 0.2) is 0 Å². The van der Waals surface area contributed by atoms with Crippen molar-refractivity contribution in [3.05, 3.63) is 59.4 Å². The highest BCUT2D eigenvalue weighted by molar-refractivity contribution is 5.64. The fourth-order valence-corrected chi connectivity index (χ4v) is 2.41. The zero-order valence-electron chi connectivity index (χ0n) is 10.9. The molecule has 0 aliphatic rings. The number of aromatic nitrogens is 2. The number of nitrogens with zero attached hydrogens (tertiary/aromatic N) is 2. The van der Waals surface area contributed by atoms with Crippen molar-refractivity contribution >= 4 is 5.65 Å². The van der Waals surface area contributed by atoms with Crippen LogP contribution >= 0.6 is 0 Å². The third-order valence-electron chi connectivity index (χ3n) is 3.21. The number of aryl methyl sites for hydroxylation is 3. The summed E-state index contributed by atoms with van der Waals surface area (Å²) in [7, 11) is 0. The van der Waals surface area contributed by atoms with Crippen molar-refractivity contribution in [3.8, 4) is 11.3 Å². The Balaban J connectivity index is 2.22. The molecule has 0 bridgehead atoms. The van der Waals surface area contributed by atoms with Crippen LogP contribution in [0.5, 0.6) is 0 Å². The third-order valence-corrected chi connectivity index (χ3v) is 3.21. The van der Waals surface area contributed by atoms with Crippen LogP contribution in [0.25, 0.3) is 16.9 Å². The van der Waals surface area contributed by atoms with Crippen LogP contribution in [0.15, 0.2) is 42.6 Å². The van der Waals surface area contributed by atoms with Crippen LogP contribution in [0.1, 0.15) is 16.8 Å². The predicted octanol–water partition coefficient (Wildman–Crippen LogP) is 3.93. The molecule has 0 unspecified atom stereocenters. The zero-order valence-corrected chi connectivity index (χ0v) is 10.9. The molecule has 0 aliphatic carbocycles. The summed E-state index contributed by atoms with van der Waals surface area (Å²) >= 11 is 0. The van der Waals surface area contributed by atoms with E-state index in [0.717, 1.165) is 11.3 Å². The van der Waals surface area contributed by atoms with E-state index in [2.05, 4.69) is 60.6 Å². The molecule has 0 N–H and O–H groups in total. The van der Waals surface area contributed by atoms with Gasteiger partial charge in [-0.15, -0.1) is 0 Å². The van der Waals surface area contributed by atoms with Gasteiger partial charge < -0.3 is 4.40 Å². The van der Waals surface area contributed by atoms with E-state index in [4.69, 9.17) is 0 Å². The number of rotatable bonds is 1. The van der Waals surface area contributed by atoms with Gasteiger partial charge in [-0.05, 0) is 45.0 Å². The molecule has 2 heteroatoms. The van der Waals surface area contributed by atoms with Crippen molar-refractivity contribution in [1.82, 2.24) is 9.38 Å². The number of fused-ring (bicyclic) bond motifs is 1. The minimum absolute atomic E-state index is 1.00. The topological polar surface area (TPSA) is 17.3 Å². The van der Waals surface area contributed by atoms with E-state index in [1.54, 1.807) is 0 Å². The summed E-state index contributed by atoms with van der Waals surface area (Å²) in [4.78, 5) is 4.69. The van der Waals surface area contributed by atoms with Gasteiger partial charge in [-0.3, -0.25) is 0 Å². The Kier molecular flexibility index (Phi) is 2.44. The van der Waals surface area contributed by atoms with Crippen molar-refractivity contribution in [2.75, 3.05) is 0 Å². The molecule has 2 aromatic heterocycles. The van der Waals surface area contributed by atoms with Gasteiger partial charge in [0.25, 0.3) is 0 Å². The van der Waals surface area contributed by atoms with Gasteiger partial charge in [-0.1, -0.05) is 23.3 Å². The van der Waals surface area contributed by atoms with E-state index in [1.165, 1.54) is 22.4 Å². The van der Waals surface area contributed by atoms with E-state index in [9.17, 15) is 0 Å². The zero-order chi connectivity index (χ0) is 12.7. The molecule has 0 fully saturated rings. The standard InChI is InChI=1S/C16H16N2/c1-11-7-12(2)9-14(8-11)15-10-18-13(3)5-4-6-16(18)17-15/h4-10H,1-3H3. The highest BCUT2D eigenvalue weighted by Crippen LogP contribution is 2.22. The Morgan fingerprint density at radius 1 is 0.944 bits per heavy atom. The van der Waals surface area contributed by atoms with Gasteiger partial charge in [0.1, 0.15) is 5.65 Å². The predicted molar refractivity (Wildman–Crippen MR) is 74.8 cm³/mol. The lowest BCUT2D eigenvalue weighted by Gasteiger charge is -2.01. The van der Waals surface area contributed by atoms with Gasteiger partial charge in [-0.25, -0.2) is 4.98 Å². The first-order chi connectivity index (χ1) is 8.63. The van der Waals surface area contributed by atoms with Gasteiger partial charge in [0.05, 0.1) is 5.69 Å². The molecule has 3 rings (SSSR count). The number of hydrogen-bond acceptors (Lipinski definition) is 1. The van der Waals surface area contributed by atoms with E-state index in [1.807, 2.05) is 12.1 Å². The van der Waals surface area contributed by atoms with E-state index in [0.29, 0.717) is 0 Å². The maximum absolute atomic E-state index is 4.69. The lowest BCUT2D eigenvalue weighted by Crippen LogP contribution is -1.86. The fourth-order valence-electron chi connectivity index (χ4n) is 2.41. The van der Waals surface area contributed by atoms with E-state index in [-0.39, 0.29) is 0 Å². The molecule has 0 saturated heterocycles. The summed E-state index contributed by atoms with van der Waals surface area (Å²) in [6.45, 7) is 6.34. The molecule has 0 saturated carbocycles. The first kappa shape index (κ1) is 11.0. The van der Waals surface area contributed by atoms with Crippen LogP contribution in [-0.4, -0.2) is 9.38 Å². The van der Waals surface area contributed by atoms with E-state index >= 15 is 0 Å². The summed E-state index contributed by atoms with van der Waals surface area (Å²) in [5.74, 6) is 0. The number of benzene rings is 1. The SMILES string of the molecule is Cc1cc(C)cc(-c2cn3c(C)cccc3n2)c1. The Morgan fingerprint density at radius 3 is 2.33 bits per heavy atom. The van der Waals surface area contributed by atoms with Crippen LogP contribution < -0.4 is 0 Å². The molecule has 2 heterocycles. The smallest absolute Gasteiger partial charge is 0.137 e. The lowest BCUT2D eigenvalue weighted by atomic mass is 10.1. The highest BCUT2D eigenvalue weighted by atomic mass is 15.0.